The van der Waals surface area contributed by atoms with E-state index in [4.69, 9.17) is 9.15 Å². The Bertz CT molecular complexity index is 1070. The number of carbonyl (C=O) groups is 2. The second kappa shape index (κ2) is 9.36. The summed E-state index contributed by atoms with van der Waals surface area (Å²) in [6.07, 6.45) is 2.62. The van der Waals surface area contributed by atoms with E-state index in [2.05, 4.69) is 16.0 Å². The molecule has 10 heteroatoms. The molecule has 0 bridgehead atoms. The Balaban J connectivity index is 1.84. The minimum atomic E-state index is -3.27. The van der Waals surface area contributed by atoms with Crippen LogP contribution in [0, 0.1) is 0 Å². The van der Waals surface area contributed by atoms with Gasteiger partial charge in [-0.15, -0.1) is 0 Å². The molecule has 2 amide bonds. The molecule has 0 spiro atoms. The van der Waals surface area contributed by atoms with Crippen molar-refractivity contribution in [3.05, 3.63) is 65.3 Å². The second-order valence-corrected chi connectivity index (χ2v) is 9.12. The van der Waals surface area contributed by atoms with Crippen molar-refractivity contribution in [1.82, 2.24) is 16.0 Å². The summed E-state index contributed by atoms with van der Waals surface area (Å²) in [5.41, 5.74) is 1.49. The topological polar surface area (TPSA) is 127 Å². The smallest absolute Gasteiger partial charge is 0.338 e. The quantitative estimate of drug-likeness (QED) is 0.530. The first-order valence-corrected chi connectivity index (χ1v) is 11.6. The summed E-state index contributed by atoms with van der Waals surface area (Å²) >= 11 is 0. The van der Waals surface area contributed by atoms with Gasteiger partial charge in [0.05, 0.1) is 23.3 Å². The Morgan fingerprint density at radius 2 is 1.97 bits per heavy atom. The number of carbonyl (C=O) groups excluding carboxylic acids is 2. The lowest BCUT2D eigenvalue weighted by Gasteiger charge is -2.28. The van der Waals surface area contributed by atoms with Gasteiger partial charge in [-0.25, -0.2) is 18.0 Å². The standard InChI is InChI=1S/C21H25N3O6S/c1-4-29-20(25)18-16(23-21(26)24-19(18)17-6-5-11-30-17)12-22-13(2)14-7-9-15(10-8-14)31(3,27)28/h5-11,13,19,22H,4,12H2,1-3H3,(H2,23,24,26). The van der Waals surface area contributed by atoms with Gasteiger partial charge < -0.3 is 25.1 Å². The zero-order chi connectivity index (χ0) is 22.6. The van der Waals surface area contributed by atoms with E-state index >= 15 is 0 Å². The highest BCUT2D eigenvalue weighted by molar-refractivity contribution is 7.90. The molecule has 1 aromatic carbocycles. The monoisotopic (exact) mass is 447 g/mol. The summed E-state index contributed by atoms with van der Waals surface area (Å²) in [5.74, 6) is -0.141. The number of nitrogens with one attached hydrogen (secondary N) is 3. The van der Waals surface area contributed by atoms with Crippen LogP contribution in [0.5, 0.6) is 0 Å². The van der Waals surface area contributed by atoms with Crippen LogP contribution in [0.3, 0.4) is 0 Å². The van der Waals surface area contributed by atoms with Crippen molar-refractivity contribution in [3.63, 3.8) is 0 Å². The minimum Gasteiger partial charge on any atom is -0.467 e. The van der Waals surface area contributed by atoms with Gasteiger partial charge >= 0.3 is 12.0 Å². The third kappa shape index (κ3) is 5.33. The molecule has 1 aromatic heterocycles. The fraction of sp³-hybridized carbons (Fsp3) is 0.333. The van der Waals surface area contributed by atoms with Gasteiger partial charge in [0.1, 0.15) is 11.8 Å². The van der Waals surface area contributed by atoms with E-state index in [1.165, 1.54) is 6.26 Å². The highest BCUT2D eigenvalue weighted by Gasteiger charge is 2.35. The van der Waals surface area contributed by atoms with E-state index in [0.29, 0.717) is 11.5 Å². The molecule has 2 heterocycles. The number of hydrogen-bond acceptors (Lipinski definition) is 7. The first-order valence-electron chi connectivity index (χ1n) is 9.75. The van der Waals surface area contributed by atoms with Crippen molar-refractivity contribution >= 4 is 21.8 Å². The van der Waals surface area contributed by atoms with Crippen LogP contribution in [0.15, 0.2) is 63.2 Å². The minimum absolute atomic E-state index is 0.174. The van der Waals surface area contributed by atoms with Gasteiger partial charge in [0.15, 0.2) is 9.84 Å². The lowest BCUT2D eigenvalue weighted by atomic mass is 9.99. The van der Waals surface area contributed by atoms with E-state index in [0.717, 1.165) is 11.8 Å². The number of rotatable bonds is 8. The van der Waals surface area contributed by atoms with E-state index in [1.54, 1.807) is 43.3 Å². The first-order chi connectivity index (χ1) is 14.7. The molecule has 0 radical (unpaired) electrons. The third-order valence-electron chi connectivity index (χ3n) is 4.87. The predicted molar refractivity (Wildman–Crippen MR) is 113 cm³/mol. The number of furan rings is 1. The number of benzene rings is 1. The third-order valence-corrected chi connectivity index (χ3v) is 6.00. The molecule has 0 saturated heterocycles. The molecule has 2 atom stereocenters. The van der Waals surface area contributed by atoms with Crippen molar-refractivity contribution in [2.75, 3.05) is 19.4 Å². The van der Waals surface area contributed by atoms with Gasteiger partial charge in [-0.3, -0.25) is 0 Å². The van der Waals surface area contributed by atoms with E-state index in [-0.39, 0.29) is 29.7 Å². The molecule has 0 fully saturated rings. The Morgan fingerprint density at radius 1 is 1.26 bits per heavy atom. The SMILES string of the molecule is CCOC(=O)C1=C(CNC(C)c2ccc(S(C)(=O)=O)cc2)NC(=O)NC1c1ccco1. The molecule has 31 heavy (non-hydrogen) atoms. The van der Waals surface area contributed by atoms with E-state index < -0.39 is 27.9 Å². The maximum Gasteiger partial charge on any atom is 0.338 e. The molecular formula is C21H25N3O6S. The van der Waals surface area contributed by atoms with Gasteiger partial charge in [0, 0.05) is 24.5 Å². The lowest BCUT2D eigenvalue weighted by molar-refractivity contribution is -0.139. The number of urea groups is 1. The van der Waals surface area contributed by atoms with Crippen molar-refractivity contribution < 1.29 is 27.2 Å². The van der Waals surface area contributed by atoms with Crippen LogP contribution in [0.4, 0.5) is 4.79 Å². The predicted octanol–water partition coefficient (Wildman–Crippen LogP) is 2.21. The number of amides is 2. The van der Waals surface area contributed by atoms with Gasteiger partial charge in [0.25, 0.3) is 0 Å². The lowest BCUT2D eigenvalue weighted by Crippen LogP contribution is -2.48. The Labute approximate surface area is 180 Å². The fourth-order valence-electron chi connectivity index (χ4n) is 3.25. The van der Waals surface area contributed by atoms with Crippen LogP contribution in [-0.2, 0) is 19.4 Å². The molecule has 1 aliphatic heterocycles. The van der Waals surface area contributed by atoms with Crippen LogP contribution < -0.4 is 16.0 Å². The van der Waals surface area contributed by atoms with Crippen molar-refractivity contribution in [2.45, 2.75) is 30.8 Å². The molecule has 2 aromatic rings. The van der Waals surface area contributed by atoms with Gasteiger partial charge in [-0.1, -0.05) is 12.1 Å². The molecule has 2 unspecified atom stereocenters. The zero-order valence-electron chi connectivity index (χ0n) is 17.5. The average Bonchev–Trinajstić information content (AvgIpc) is 3.26. The van der Waals surface area contributed by atoms with E-state index in [9.17, 15) is 18.0 Å². The summed E-state index contributed by atoms with van der Waals surface area (Å²) in [7, 11) is -3.27. The molecule has 9 nitrogen and oxygen atoms in total. The van der Waals surface area contributed by atoms with E-state index in [1.807, 2.05) is 6.92 Å². The molecule has 0 aliphatic carbocycles. The van der Waals surface area contributed by atoms with Crippen LogP contribution in [0.25, 0.3) is 0 Å². The van der Waals surface area contributed by atoms with Crippen LogP contribution in [0.2, 0.25) is 0 Å². The zero-order valence-corrected chi connectivity index (χ0v) is 18.3. The summed E-state index contributed by atoms with van der Waals surface area (Å²) < 4.78 is 33.9. The molecule has 3 N–H and O–H groups in total. The number of sulfone groups is 1. The van der Waals surface area contributed by atoms with Crippen LogP contribution in [0.1, 0.15) is 37.3 Å². The highest BCUT2D eigenvalue weighted by atomic mass is 32.2. The van der Waals surface area contributed by atoms with Gasteiger partial charge in [-0.05, 0) is 43.7 Å². The van der Waals surface area contributed by atoms with Crippen molar-refractivity contribution in [2.24, 2.45) is 0 Å². The second-order valence-electron chi connectivity index (χ2n) is 7.10. The molecular weight excluding hydrogens is 422 g/mol. The van der Waals surface area contributed by atoms with Gasteiger partial charge in [0.2, 0.25) is 0 Å². The molecule has 3 rings (SSSR count). The largest absolute Gasteiger partial charge is 0.467 e. The Morgan fingerprint density at radius 3 is 2.55 bits per heavy atom. The first kappa shape index (κ1) is 22.6. The maximum atomic E-state index is 12.7. The molecule has 1 aliphatic rings. The van der Waals surface area contributed by atoms with Gasteiger partial charge in [-0.2, -0.15) is 0 Å². The number of ether oxygens (including phenoxy) is 1. The normalized spacial score (nSPS) is 17.6. The summed E-state index contributed by atoms with van der Waals surface area (Å²) in [6, 6.07) is 8.47. The Kier molecular flexibility index (Phi) is 6.81. The maximum absolute atomic E-state index is 12.7. The summed E-state index contributed by atoms with van der Waals surface area (Å²) in [4.78, 5) is 25.1. The number of esters is 1. The summed E-state index contributed by atoms with van der Waals surface area (Å²) in [6.45, 7) is 3.96. The molecule has 166 valence electrons. The van der Waals surface area contributed by atoms with Crippen LogP contribution >= 0.6 is 0 Å². The van der Waals surface area contributed by atoms with Crippen LogP contribution in [-0.4, -0.2) is 39.8 Å². The van der Waals surface area contributed by atoms with Crippen molar-refractivity contribution in [1.29, 1.82) is 0 Å². The average molecular weight is 448 g/mol. The Hall–Kier alpha value is -3.11. The van der Waals surface area contributed by atoms with Crippen molar-refractivity contribution in [3.8, 4) is 0 Å². The highest BCUT2D eigenvalue weighted by Crippen LogP contribution is 2.28. The molecule has 0 saturated carbocycles. The fourth-order valence-corrected chi connectivity index (χ4v) is 3.88. The number of hydrogen-bond donors (Lipinski definition) is 3. The summed E-state index contributed by atoms with van der Waals surface area (Å²) in [5, 5.41) is 8.62.